The van der Waals surface area contributed by atoms with Crippen molar-refractivity contribution >= 4 is 17.4 Å². The lowest BCUT2D eigenvalue weighted by atomic mass is 10.00. The van der Waals surface area contributed by atoms with Crippen LogP contribution in [0.25, 0.3) is 11.3 Å². The van der Waals surface area contributed by atoms with E-state index in [1.54, 1.807) is 35.4 Å². The number of aliphatic imine (C=N–C) groups is 1. The summed E-state index contributed by atoms with van der Waals surface area (Å²) in [7, 11) is 0. The van der Waals surface area contributed by atoms with Gasteiger partial charge in [0.15, 0.2) is 11.6 Å². The molecule has 8 nitrogen and oxygen atoms in total. The Morgan fingerprint density at radius 3 is 2.84 bits per heavy atom. The number of nitrogens with zero attached hydrogens (tertiary/aromatic N) is 4. The quantitative estimate of drug-likeness (QED) is 0.615. The van der Waals surface area contributed by atoms with Gasteiger partial charge in [0.25, 0.3) is 5.91 Å². The average Bonchev–Trinajstić information content (AvgIpc) is 3.34. The minimum absolute atomic E-state index is 0.109. The number of rotatable bonds is 5. The smallest absolute Gasteiger partial charge is 0.255 e. The lowest BCUT2D eigenvalue weighted by Crippen LogP contribution is -2.49. The van der Waals surface area contributed by atoms with Crippen LogP contribution in [0.15, 0.2) is 58.3 Å². The molecule has 31 heavy (non-hydrogen) atoms. The summed E-state index contributed by atoms with van der Waals surface area (Å²) in [6.07, 6.45) is 4.56. The van der Waals surface area contributed by atoms with Gasteiger partial charge in [-0.1, -0.05) is 5.16 Å². The van der Waals surface area contributed by atoms with Gasteiger partial charge < -0.3 is 20.1 Å². The first-order valence-corrected chi connectivity index (χ1v) is 9.57. The molecule has 1 aromatic carbocycles. The first-order valence-electron chi connectivity index (χ1n) is 9.57. The van der Waals surface area contributed by atoms with Crippen LogP contribution in [0.5, 0.6) is 0 Å². The molecule has 1 aliphatic rings. The van der Waals surface area contributed by atoms with E-state index in [0.29, 0.717) is 52.8 Å². The number of benzene rings is 1. The summed E-state index contributed by atoms with van der Waals surface area (Å²) in [5, 5.41) is 12.9. The SMILES string of the molecule is Cc1c(C(=O)N2CC(C#N)C2)c[nH]c1C(/C=C\N)=Nc1cc(-c2ccc(F)cc2)on1. The number of aromatic amines is 1. The highest BCUT2D eigenvalue weighted by atomic mass is 19.1. The Bertz CT molecular complexity index is 1210. The molecule has 0 bridgehead atoms. The number of amides is 1. The van der Waals surface area contributed by atoms with E-state index in [1.807, 2.05) is 6.92 Å². The van der Waals surface area contributed by atoms with Crippen LogP contribution in [0.4, 0.5) is 10.2 Å². The zero-order valence-electron chi connectivity index (χ0n) is 16.7. The number of allylic oxidation sites excluding steroid dienone is 1. The van der Waals surface area contributed by atoms with E-state index in [1.165, 1.54) is 18.3 Å². The molecular weight excluding hydrogens is 399 g/mol. The van der Waals surface area contributed by atoms with Crippen molar-refractivity contribution in [2.45, 2.75) is 6.92 Å². The van der Waals surface area contributed by atoms with Crippen molar-refractivity contribution in [3.8, 4) is 17.4 Å². The summed E-state index contributed by atoms with van der Waals surface area (Å²) in [5.74, 6) is 0.156. The van der Waals surface area contributed by atoms with Gasteiger partial charge in [0.05, 0.1) is 29.0 Å². The fraction of sp³-hybridized carbons (Fsp3) is 0.182. The lowest BCUT2D eigenvalue weighted by Gasteiger charge is -2.35. The Hall–Kier alpha value is -4.19. The molecule has 0 saturated carbocycles. The second-order valence-corrected chi connectivity index (χ2v) is 7.15. The summed E-state index contributed by atoms with van der Waals surface area (Å²) < 4.78 is 18.5. The fourth-order valence-electron chi connectivity index (χ4n) is 3.34. The zero-order chi connectivity index (χ0) is 22.0. The summed E-state index contributed by atoms with van der Waals surface area (Å²) in [4.78, 5) is 21.9. The topological polar surface area (TPSA) is 124 Å². The molecule has 3 N–H and O–H groups in total. The van der Waals surface area contributed by atoms with Gasteiger partial charge in [0, 0.05) is 30.9 Å². The summed E-state index contributed by atoms with van der Waals surface area (Å²) >= 11 is 0. The molecule has 3 heterocycles. The number of aromatic nitrogens is 2. The highest BCUT2D eigenvalue weighted by molar-refractivity contribution is 6.11. The Morgan fingerprint density at radius 2 is 2.16 bits per heavy atom. The number of likely N-dealkylation sites (tertiary alicyclic amines) is 1. The van der Waals surface area contributed by atoms with Crippen LogP contribution in [0.1, 0.15) is 21.6 Å². The number of nitrogens with one attached hydrogen (secondary N) is 1. The van der Waals surface area contributed by atoms with Crippen molar-refractivity contribution in [1.29, 1.82) is 5.26 Å². The number of nitriles is 1. The van der Waals surface area contributed by atoms with Crippen LogP contribution >= 0.6 is 0 Å². The van der Waals surface area contributed by atoms with E-state index < -0.39 is 0 Å². The van der Waals surface area contributed by atoms with Crippen LogP contribution in [-0.4, -0.2) is 39.7 Å². The molecule has 1 saturated heterocycles. The molecule has 3 aromatic rings. The van der Waals surface area contributed by atoms with Crippen LogP contribution in [0.2, 0.25) is 0 Å². The number of H-pyrrole nitrogens is 1. The molecular formula is C22H19FN6O2. The third kappa shape index (κ3) is 3.96. The van der Waals surface area contributed by atoms with Crippen molar-refractivity contribution in [3.63, 3.8) is 0 Å². The lowest BCUT2D eigenvalue weighted by molar-refractivity contribution is 0.0577. The maximum Gasteiger partial charge on any atom is 0.255 e. The number of nitrogens with two attached hydrogens (primary N) is 1. The first-order chi connectivity index (χ1) is 15.0. The average molecular weight is 418 g/mol. The summed E-state index contributed by atoms with van der Waals surface area (Å²) in [5.41, 5.74) is 8.58. The minimum Gasteiger partial charge on any atom is -0.405 e. The maximum absolute atomic E-state index is 13.1. The van der Waals surface area contributed by atoms with Gasteiger partial charge in [-0.3, -0.25) is 4.79 Å². The molecule has 0 aliphatic carbocycles. The molecule has 1 aliphatic heterocycles. The van der Waals surface area contributed by atoms with Gasteiger partial charge in [-0.2, -0.15) is 5.26 Å². The molecule has 0 radical (unpaired) electrons. The van der Waals surface area contributed by atoms with E-state index in [9.17, 15) is 9.18 Å². The highest BCUT2D eigenvalue weighted by Gasteiger charge is 2.32. The molecule has 2 aromatic heterocycles. The van der Waals surface area contributed by atoms with E-state index >= 15 is 0 Å². The maximum atomic E-state index is 13.1. The first kappa shape index (κ1) is 20.1. The van der Waals surface area contributed by atoms with Crippen LogP contribution in [0.3, 0.4) is 0 Å². The van der Waals surface area contributed by atoms with Gasteiger partial charge >= 0.3 is 0 Å². The zero-order valence-corrected chi connectivity index (χ0v) is 16.7. The molecule has 0 atom stereocenters. The van der Waals surface area contributed by atoms with E-state index in [0.717, 1.165) is 0 Å². The van der Waals surface area contributed by atoms with Gasteiger partial charge in [-0.25, -0.2) is 9.38 Å². The molecule has 4 rings (SSSR count). The van der Waals surface area contributed by atoms with Crippen LogP contribution in [-0.2, 0) is 0 Å². The van der Waals surface area contributed by atoms with E-state index in [2.05, 4.69) is 21.2 Å². The Kier molecular flexibility index (Phi) is 5.37. The molecule has 9 heteroatoms. The fourth-order valence-corrected chi connectivity index (χ4v) is 3.34. The van der Waals surface area contributed by atoms with Gasteiger partial charge in [0.1, 0.15) is 5.82 Å². The van der Waals surface area contributed by atoms with Crippen molar-refractivity contribution in [2.75, 3.05) is 13.1 Å². The summed E-state index contributed by atoms with van der Waals surface area (Å²) in [6.45, 7) is 2.68. The standard InChI is InChI=1S/C22H19FN6O2/c1-13-17(22(30)29-11-14(9-25)12-29)10-26-21(13)18(6-7-24)27-20-8-19(31-28-20)15-2-4-16(23)5-3-15/h2-8,10,14,26H,11-12,24H2,1H3/b7-6-,27-18?. The predicted octanol–water partition coefficient (Wildman–Crippen LogP) is 3.31. The van der Waals surface area contributed by atoms with Crippen molar-refractivity contribution < 1.29 is 13.7 Å². The third-order valence-corrected chi connectivity index (χ3v) is 5.09. The monoisotopic (exact) mass is 418 g/mol. The normalized spacial score (nSPS) is 14.6. The molecule has 1 amide bonds. The number of halogens is 1. The Balaban J connectivity index is 1.61. The van der Waals surface area contributed by atoms with Crippen LogP contribution in [0, 0.1) is 30.0 Å². The highest BCUT2D eigenvalue weighted by Crippen LogP contribution is 2.26. The van der Waals surface area contributed by atoms with Gasteiger partial charge in [-0.15, -0.1) is 0 Å². The van der Waals surface area contributed by atoms with Gasteiger partial charge in [-0.05, 0) is 49.0 Å². The molecule has 156 valence electrons. The number of hydrogen-bond donors (Lipinski definition) is 2. The van der Waals surface area contributed by atoms with Crippen molar-refractivity contribution in [2.24, 2.45) is 16.6 Å². The number of carbonyl (C=O) groups excluding carboxylic acids is 1. The Morgan fingerprint density at radius 1 is 1.42 bits per heavy atom. The number of hydrogen-bond acceptors (Lipinski definition) is 6. The predicted molar refractivity (Wildman–Crippen MR) is 112 cm³/mol. The van der Waals surface area contributed by atoms with E-state index in [-0.39, 0.29) is 17.6 Å². The Labute approximate surface area is 177 Å². The molecule has 0 unspecified atom stereocenters. The second-order valence-electron chi connectivity index (χ2n) is 7.15. The molecule has 0 spiro atoms. The van der Waals surface area contributed by atoms with Crippen molar-refractivity contribution in [1.82, 2.24) is 15.0 Å². The number of carbonyl (C=O) groups is 1. The minimum atomic E-state index is -0.342. The largest absolute Gasteiger partial charge is 0.405 e. The van der Waals surface area contributed by atoms with Crippen LogP contribution < -0.4 is 5.73 Å². The molecule has 1 fully saturated rings. The van der Waals surface area contributed by atoms with Gasteiger partial charge in [0.2, 0.25) is 0 Å². The summed E-state index contributed by atoms with van der Waals surface area (Å²) in [6, 6.07) is 9.63. The second kappa shape index (κ2) is 8.28. The van der Waals surface area contributed by atoms with Crippen molar-refractivity contribution in [3.05, 3.63) is 71.4 Å². The third-order valence-electron chi connectivity index (χ3n) is 5.09. The van der Waals surface area contributed by atoms with E-state index in [4.69, 9.17) is 15.5 Å².